The van der Waals surface area contributed by atoms with Crippen LogP contribution >= 0.6 is 11.8 Å². The highest BCUT2D eigenvalue weighted by Crippen LogP contribution is 2.42. The summed E-state index contributed by atoms with van der Waals surface area (Å²) >= 11 is 1.53. The van der Waals surface area contributed by atoms with Crippen molar-refractivity contribution in [3.05, 3.63) is 30.5 Å². The molecule has 1 aliphatic carbocycles. The Hall–Kier alpha value is -2.28. The summed E-state index contributed by atoms with van der Waals surface area (Å²) in [5, 5.41) is 11.0. The molecular formula is C21H25N5OS. The maximum atomic E-state index is 12.7. The van der Waals surface area contributed by atoms with Gasteiger partial charge in [-0.15, -0.1) is 10.2 Å². The van der Waals surface area contributed by atoms with Gasteiger partial charge in [0, 0.05) is 41.3 Å². The summed E-state index contributed by atoms with van der Waals surface area (Å²) in [4.78, 5) is 18.1. The minimum Gasteiger partial charge on any atom is -0.360 e. The van der Waals surface area contributed by atoms with E-state index in [9.17, 15) is 4.79 Å². The number of para-hydroxylation sites is 1. The monoisotopic (exact) mass is 395 g/mol. The molecular weight excluding hydrogens is 370 g/mol. The number of benzene rings is 1. The number of thioether (sulfide) groups is 1. The van der Waals surface area contributed by atoms with Crippen LogP contribution in [0, 0.1) is 0 Å². The molecule has 0 spiro atoms. The van der Waals surface area contributed by atoms with E-state index >= 15 is 0 Å². The molecule has 1 aliphatic heterocycles. The van der Waals surface area contributed by atoms with E-state index in [0.717, 1.165) is 59.7 Å². The van der Waals surface area contributed by atoms with Gasteiger partial charge < -0.3 is 9.88 Å². The summed E-state index contributed by atoms with van der Waals surface area (Å²) in [6.45, 7) is 3.04. The minimum atomic E-state index is 0.219. The third kappa shape index (κ3) is 3.21. The fourth-order valence-electron chi connectivity index (χ4n) is 4.16. The van der Waals surface area contributed by atoms with E-state index < -0.39 is 0 Å². The average Bonchev–Trinajstić information content (AvgIpc) is 3.32. The van der Waals surface area contributed by atoms with Crippen molar-refractivity contribution in [3.8, 4) is 11.4 Å². The van der Waals surface area contributed by atoms with Crippen molar-refractivity contribution in [2.45, 2.75) is 56.3 Å². The van der Waals surface area contributed by atoms with Gasteiger partial charge >= 0.3 is 0 Å². The van der Waals surface area contributed by atoms with Crippen molar-refractivity contribution < 1.29 is 4.79 Å². The Morgan fingerprint density at radius 2 is 2.07 bits per heavy atom. The average molecular weight is 396 g/mol. The van der Waals surface area contributed by atoms with E-state index in [4.69, 9.17) is 0 Å². The van der Waals surface area contributed by atoms with Gasteiger partial charge in [0.2, 0.25) is 5.91 Å². The van der Waals surface area contributed by atoms with E-state index in [-0.39, 0.29) is 5.91 Å². The van der Waals surface area contributed by atoms with Crippen LogP contribution in [0.5, 0.6) is 0 Å². The molecule has 3 aromatic rings. The quantitative estimate of drug-likeness (QED) is 0.656. The first-order chi connectivity index (χ1) is 13.7. The standard InChI is InChI=1S/C21H25N5OS/c1-14-6-4-5-11-25(14)19(27)13-28-21-24-23-20(26(21)15-9-10-15)17-12-22-18-8-3-2-7-16(17)18/h2-3,7-8,12,14-15,22H,4-6,9-11,13H2,1H3/t14-/m0/s1. The zero-order chi connectivity index (χ0) is 19.1. The molecule has 1 aromatic carbocycles. The molecule has 1 N–H and O–H groups in total. The molecule has 0 radical (unpaired) electrons. The molecule has 1 amide bonds. The molecule has 3 heterocycles. The summed E-state index contributed by atoms with van der Waals surface area (Å²) in [5.41, 5.74) is 2.18. The number of H-pyrrole nitrogens is 1. The minimum absolute atomic E-state index is 0.219. The molecule has 146 valence electrons. The number of nitrogens with one attached hydrogen (secondary N) is 1. The third-order valence-corrected chi connectivity index (χ3v) is 6.78. The van der Waals surface area contributed by atoms with Crippen molar-refractivity contribution in [2.75, 3.05) is 12.3 Å². The Bertz CT molecular complexity index is 1010. The maximum absolute atomic E-state index is 12.7. The van der Waals surface area contributed by atoms with E-state index in [1.807, 2.05) is 23.2 Å². The summed E-state index contributed by atoms with van der Waals surface area (Å²) in [6.07, 6.45) is 7.77. The second-order valence-electron chi connectivity index (χ2n) is 7.88. The van der Waals surface area contributed by atoms with Crippen molar-refractivity contribution in [2.24, 2.45) is 0 Å². The smallest absolute Gasteiger partial charge is 0.233 e. The largest absolute Gasteiger partial charge is 0.360 e. The lowest BCUT2D eigenvalue weighted by Gasteiger charge is -2.33. The van der Waals surface area contributed by atoms with Gasteiger partial charge in [0.25, 0.3) is 0 Å². The van der Waals surface area contributed by atoms with Gasteiger partial charge in [-0.1, -0.05) is 30.0 Å². The van der Waals surface area contributed by atoms with Gasteiger partial charge in [-0.2, -0.15) is 0 Å². The summed E-state index contributed by atoms with van der Waals surface area (Å²) in [7, 11) is 0. The number of carbonyl (C=O) groups excluding carboxylic acids is 1. The van der Waals surface area contributed by atoms with Crippen LogP contribution in [0.25, 0.3) is 22.3 Å². The summed E-state index contributed by atoms with van der Waals surface area (Å²) in [6, 6.07) is 9.07. The third-order valence-electron chi connectivity index (χ3n) is 5.85. The van der Waals surface area contributed by atoms with Crippen molar-refractivity contribution >= 4 is 28.6 Å². The van der Waals surface area contributed by atoms with E-state index in [1.165, 1.54) is 18.2 Å². The highest BCUT2D eigenvalue weighted by Gasteiger charge is 2.31. The fourth-order valence-corrected chi connectivity index (χ4v) is 5.05. The zero-order valence-corrected chi connectivity index (χ0v) is 16.9. The molecule has 1 saturated carbocycles. The van der Waals surface area contributed by atoms with Crippen molar-refractivity contribution in [1.82, 2.24) is 24.6 Å². The number of aromatic nitrogens is 4. The molecule has 28 heavy (non-hydrogen) atoms. The van der Waals surface area contributed by atoms with Gasteiger partial charge in [-0.05, 0) is 45.1 Å². The first-order valence-electron chi connectivity index (χ1n) is 10.2. The molecule has 2 aliphatic rings. The number of rotatable bonds is 5. The van der Waals surface area contributed by atoms with E-state index in [0.29, 0.717) is 17.8 Å². The predicted octanol–water partition coefficient (Wildman–Crippen LogP) is 4.25. The van der Waals surface area contributed by atoms with Crippen LogP contribution in [0.3, 0.4) is 0 Å². The first-order valence-corrected chi connectivity index (χ1v) is 11.1. The molecule has 1 atom stereocenters. The SMILES string of the molecule is C[C@H]1CCCCN1C(=O)CSc1nnc(-c2c[nH]c3ccccc23)n1C1CC1. The predicted molar refractivity (Wildman–Crippen MR) is 111 cm³/mol. The molecule has 0 unspecified atom stereocenters. The van der Waals surface area contributed by atoms with Crippen LogP contribution in [0.15, 0.2) is 35.6 Å². The maximum Gasteiger partial charge on any atom is 0.233 e. The number of amides is 1. The Labute approximate surface area is 168 Å². The van der Waals surface area contributed by atoms with Crippen LogP contribution in [0.4, 0.5) is 0 Å². The van der Waals surface area contributed by atoms with Gasteiger partial charge in [0.1, 0.15) is 0 Å². The number of fused-ring (bicyclic) bond motifs is 1. The van der Waals surface area contributed by atoms with Crippen LogP contribution in [-0.2, 0) is 4.79 Å². The topological polar surface area (TPSA) is 66.8 Å². The molecule has 5 rings (SSSR count). The van der Waals surface area contributed by atoms with Crippen LogP contribution in [-0.4, -0.2) is 48.9 Å². The Morgan fingerprint density at radius 1 is 1.21 bits per heavy atom. The number of nitrogens with zero attached hydrogens (tertiary/aromatic N) is 4. The molecule has 2 fully saturated rings. The van der Waals surface area contributed by atoms with Crippen LogP contribution < -0.4 is 0 Å². The van der Waals surface area contributed by atoms with Gasteiger partial charge in [0.15, 0.2) is 11.0 Å². The molecule has 7 heteroatoms. The van der Waals surface area contributed by atoms with Gasteiger partial charge in [0.05, 0.1) is 5.75 Å². The molecule has 1 saturated heterocycles. The lowest BCUT2D eigenvalue weighted by molar-refractivity contribution is -0.131. The zero-order valence-electron chi connectivity index (χ0n) is 16.1. The second kappa shape index (κ2) is 7.28. The summed E-state index contributed by atoms with van der Waals surface area (Å²) in [5.74, 6) is 1.56. The normalized spacial score (nSPS) is 20.0. The Balaban J connectivity index is 1.40. The number of hydrogen-bond donors (Lipinski definition) is 1. The lowest BCUT2D eigenvalue weighted by atomic mass is 10.0. The molecule has 6 nitrogen and oxygen atoms in total. The van der Waals surface area contributed by atoms with Crippen LogP contribution in [0.1, 0.15) is 45.1 Å². The molecule has 2 aromatic heterocycles. The van der Waals surface area contributed by atoms with E-state index in [1.54, 1.807) is 0 Å². The first kappa shape index (κ1) is 17.8. The van der Waals surface area contributed by atoms with Crippen LogP contribution in [0.2, 0.25) is 0 Å². The van der Waals surface area contributed by atoms with Crippen molar-refractivity contribution in [1.29, 1.82) is 0 Å². The van der Waals surface area contributed by atoms with Crippen molar-refractivity contribution in [3.63, 3.8) is 0 Å². The highest BCUT2D eigenvalue weighted by molar-refractivity contribution is 7.99. The number of piperidine rings is 1. The highest BCUT2D eigenvalue weighted by atomic mass is 32.2. The Morgan fingerprint density at radius 3 is 2.89 bits per heavy atom. The van der Waals surface area contributed by atoms with E-state index in [2.05, 4.69) is 38.8 Å². The number of carbonyl (C=O) groups is 1. The lowest BCUT2D eigenvalue weighted by Crippen LogP contribution is -2.43. The summed E-state index contributed by atoms with van der Waals surface area (Å²) < 4.78 is 2.24. The second-order valence-corrected chi connectivity index (χ2v) is 8.82. The molecule has 0 bridgehead atoms. The number of aromatic amines is 1. The number of hydrogen-bond acceptors (Lipinski definition) is 4. The van der Waals surface area contributed by atoms with Gasteiger partial charge in [-0.3, -0.25) is 9.36 Å². The fraction of sp³-hybridized carbons (Fsp3) is 0.476. The Kier molecular flexibility index (Phi) is 4.62. The number of likely N-dealkylation sites (tertiary alicyclic amines) is 1. The van der Waals surface area contributed by atoms with Gasteiger partial charge in [-0.25, -0.2) is 0 Å².